The number of pyridine rings is 1. The van der Waals surface area contributed by atoms with E-state index in [1.165, 1.54) is 17.8 Å². The lowest BCUT2D eigenvalue weighted by molar-refractivity contribution is 0.0556. The van der Waals surface area contributed by atoms with E-state index in [4.69, 9.17) is 10.7 Å². The molecule has 39 heavy (non-hydrogen) atoms. The van der Waals surface area contributed by atoms with Crippen LogP contribution in [0.5, 0.6) is 0 Å². The lowest BCUT2D eigenvalue weighted by Crippen LogP contribution is -2.46. The van der Waals surface area contributed by atoms with E-state index in [-0.39, 0.29) is 41.3 Å². The summed E-state index contributed by atoms with van der Waals surface area (Å²) in [6.07, 6.45) is 9.87. The second-order valence-corrected chi connectivity index (χ2v) is 10.9. The Balaban J connectivity index is 1.29. The minimum atomic E-state index is -0.539. The maximum absolute atomic E-state index is 13.1. The molecule has 1 aliphatic carbocycles. The van der Waals surface area contributed by atoms with Gasteiger partial charge in [0.25, 0.3) is 5.91 Å². The highest BCUT2D eigenvalue weighted by atomic mass is 16.3. The number of carbonyl (C=O) groups is 2. The Hall–Kier alpha value is -4.19. The highest BCUT2D eigenvalue weighted by Gasteiger charge is 2.45. The van der Waals surface area contributed by atoms with Crippen molar-refractivity contribution in [3.05, 3.63) is 53.1 Å². The van der Waals surface area contributed by atoms with E-state index in [1.54, 1.807) is 12.4 Å². The van der Waals surface area contributed by atoms with Crippen molar-refractivity contribution in [1.82, 2.24) is 39.7 Å². The van der Waals surface area contributed by atoms with Gasteiger partial charge in [0, 0.05) is 35.3 Å². The number of H-pyrrole nitrogens is 1. The van der Waals surface area contributed by atoms with Crippen molar-refractivity contribution in [3.63, 3.8) is 0 Å². The van der Waals surface area contributed by atoms with Crippen LogP contribution in [0.4, 0.5) is 5.82 Å². The zero-order valence-corrected chi connectivity index (χ0v) is 21.5. The standard InChI is InChI=1S/C27H29N9O3/c1-13(37)21-23(15-8-17-5-6-18(9-15)35(17)27(39)25-30-12-31-34-25)33-26-19(11-32-36(26)24(21)28)16-7-14-3-2-4-20(38)22(14)29-10-16/h7,10-12,15,17-18,20,38H,2-6,8-9,28H2,1H3,(H,30,31,34)/t15?,17-,18+,20?. The number of amides is 1. The molecule has 12 heteroatoms. The van der Waals surface area contributed by atoms with Gasteiger partial charge in [0.15, 0.2) is 11.4 Å². The number of hydrogen-bond acceptors (Lipinski definition) is 9. The van der Waals surface area contributed by atoms with Crippen LogP contribution in [0.25, 0.3) is 16.8 Å². The van der Waals surface area contributed by atoms with Crippen molar-refractivity contribution in [2.45, 2.75) is 76.0 Å². The number of nitrogens with one attached hydrogen (secondary N) is 1. The molecule has 7 rings (SSSR count). The first-order valence-electron chi connectivity index (χ1n) is 13.4. The number of aliphatic hydroxyl groups is 1. The third kappa shape index (κ3) is 3.73. The van der Waals surface area contributed by atoms with Crippen LogP contribution in [0, 0.1) is 0 Å². The molecule has 0 aromatic carbocycles. The van der Waals surface area contributed by atoms with Crippen LogP contribution in [0.1, 0.15) is 95.4 Å². The van der Waals surface area contributed by atoms with Gasteiger partial charge in [-0.05, 0) is 63.5 Å². The molecule has 3 aliphatic rings. The summed E-state index contributed by atoms with van der Waals surface area (Å²) in [7, 11) is 0. The quantitative estimate of drug-likeness (QED) is 0.338. The van der Waals surface area contributed by atoms with Crippen molar-refractivity contribution >= 4 is 23.2 Å². The number of aromatic amines is 1. The first-order valence-corrected chi connectivity index (χ1v) is 13.4. The van der Waals surface area contributed by atoms with Crippen molar-refractivity contribution in [1.29, 1.82) is 0 Å². The van der Waals surface area contributed by atoms with Crippen LogP contribution in [-0.4, -0.2) is 68.5 Å². The van der Waals surface area contributed by atoms with Gasteiger partial charge in [0.05, 0.1) is 29.3 Å². The van der Waals surface area contributed by atoms with Crippen molar-refractivity contribution in [2.24, 2.45) is 0 Å². The number of piperidine rings is 1. The Bertz CT molecular complexity index is 1600. The second-order valence-electron chi connectivity index (χ2n) is 10.9. The minimum Gasteiger partial charge on any atom is -0.387 e. The summed E-state index contributed by atoms with van der Waals surface area (Å²) in [5, 5.41) is 21.3. The fourth-order valence-electron chi connectivity index (χ4n) is 6.85. The Labute approximate surface area is 223 Å². The first kappa shape index (κ1) is 23.9. The van der Waals surface area contributed by atoms with Gasteiger partial charge in [0.2, 0.25) is 5.82 Å². The van der Waals surface area contributed by atoms with E-state index in [0.29, 0.717) is 29.7 Å². The first-order chi connectivity index (χ1) is 18.9. The molecule has 4 atom stereocenters. The van der Waals surface area contributed by atoms with Gasteiger partial charge in [-0.2, -0.15) is 14.7 Å². The maximum atomic E-state index is 13.1. The topological polar surface area (TPSA) is 168 Å². The molecule has 2 unspecified atom stereocenters. The average molecular weight is 528 g/mol. The molecule has 1 amide bonds. The number of carbonyl (C=O) groups excluding carboxylic acids is 2. The number of aromatic nitrogens is 7. The summed E-state index contributed by atoms with van der Waals surface area (Å²) in [5.41, 5.74) is 11.6. The van der Waals surface area contributed by atoms with E-state index < -0.39 is 6.10 Å². The summed E-state index contributed by atoms with van der Waals surface area (Å²) in [6.45, 7) is 1.50. The van der Waals surface area contributed by atoms with E-state index >= 15 is 0 Å². The third-order valence-electron chi connectivity index (χ3n) is 8.59. The average Bonchev–Trinajstić information content (AvgIpc) is 3.66. The summed E-state index contributed by atoms with van der Waals surface area (Å²) >= 11 is 0. The molecule has 4 aromatic rings. The van der Waals surface area contributed by atoms with Crippen LogP contribution in [-0.2, 0) is 6.42 Å². The molecule has 0 saturated carbocycles. The van der Waals surface area contributed by atoms with Crippen LogP contribution in [0.3, 0.4) is 0 Å². The largest absolute Gasteiger partial charge is 0.387 e. The molecule has 200 valence electrons. The van der Waals surface area contributed by atoms with Crippen LogP contribution in [0.15, 0.2) is 24.8 Å². The number of nitrogen functional groups attached to an aromatic ring is 1. The normalized spacial score (nSPS) is 24.2. The fourth-order valence-corrected chi connectivity index (χ4v) is 6.85. The number of aliphatic hydroxyl groups excluding tert-OH is 1. The number of nitrogens with two attached hydrogens (primary N) is 1. The Morgan fingerprint density at radius 1 is 1.10 bits per heavy atom. The molecule has 4 N–H and O–H groups in total. The lowest BCUT2D eigenvalue weighted by Gasteiger charge is -2.38. The second kappa shape index (κ2) is 8.94. The van der Waals surface area contributed by atoms with E-state index in [0.717, 1.165) is 54.5 Å². The minimum absolute atomic E-state index is 0.0195. The maximum Gasteiger partial charge on any atom is 0.291 e. The molecule has 2 bridgehead atoms. The molecule has 6 heterocycles. The van der Waals surface area contributed by atoms with E-state index in [1.807, 2.05) is 11.0 Å². The van der Waals surface area contributed by atoms with Gasteiger partial charge >= 0.3 is 0 Å². The number of aryl methyl sites for hydroxylation is 1. The van der Waals surface area contributed by atoms with Crippen LogP contribution >= 0.6 is 0 Å². The predicted molar refractivity (Wildman–Crippen MR) is 140 cm³/mol. The monoisotopic (exact) mass is 527 g/mol. The van der Waals surface area contributed by atoms with Crippen molar-refractivity contribution in [2.75, 3.05) is 5.73 Å². The lowest BCUT2D eigenvalue weighted by atomic mass is 9.85. The highest BCUT2D eigenvalue weighted by molar-refractivity contribution is 6.00. The summed E-state index contributed by atoms with van der Waals surface area (Å²) < 4.78 is 1.53. The van der Waals surface area contributed by atoms with Crippen LogP contribution < -0.4 is 5.73 Å². The van der Waals surface area contributed by atoms with E-state index in [9.17, 15) is 14.7 Å². The number of hydrogen-bond donors (Lipinski definition) is 3. The third-order valence-corrected chi connectivity index (χ3v) is 8.59. The number of Topliss-reactive ketones (excluding diaryl/α,β-unsaturated/α-hetero) is 1. The number of rotatable bonds is 4. The number of ketones is 1. The van der Waals surface area contributed by atoms with Crippen molar-refractivity contribution in [3.8, 4) is 11.1 Å². The van der Waals surface area contributed by atoms with Crippen LogP contribution in [0.2, 0.25) is 0 Å². The van der Waals surface area contributed by atoms with Gasteiger partial charge in [0.1, 0.15) is 12.1 Å². The SMILES string of the molecule is CC(=O)c1c(C2C[C@H]3CC[C@@H](C2)N3C(=O)c2ncn[nH]2)nc2c(-c3cnc4c(c3)CCCC4O)cnn2c1N. The predicted octanol–water partition coefficient (Wildman–Crippen LogP) is 2.61. The van der Waals surface area contributed by atoms with Gasteiger partial charge in [-0.3, -0.25) is 19.7 Å². The molecular weight excluding hydrogens is 498 g/mol. The molecule has 0 radical (unpaired) electrons. The molecule has 2 fully saturated rings. The zero-order valence-electron chi connectivity index (χ0n) is 21.5. The fraction of sp³-hybridized carbons (Fsp3) is 0.444. The van der Waals surface area contributed by atoms with Gasteiger partial charge < -0.3 is 15.7 Å². The highest BCUT2D eigenvalue weighted by Crippen LogP contribution is 2.45. The van der Waals surface area contributed by atoms with Gasteiger partial charge in [-0.1, -0.05) is 0 Å². The molecule has 4 aromatic heterocycles. The zero-order chi connectivity index (χ0) is 26.8. The van der Waals surface area contributed by atoms with E-state index in [2.05, 4.69) is 25.3 Å². The van der Waals surface area contributed by atoms with Gasteiger partial charge in [-0.25, -0.2) is 9.97 Å². The molecule has 2 saturated heterocycles. The Morgan fingerprint density at radius 2 is 1.90 bits per heavy atom. The summed E-state index contributed by atoms with van der Waals surface area (Å²) in [5.74, 6) is 0.172. The Kier molecular flexibility index (Phi) is 5.48. The summed E-state index contributed by atoms with van der Waals surface area (Å²) in [4.78, 5) is 41.6. The molecular formula is C27H29N9O3. The number of anilines is 1. The Morgan fingerprint density at radius 3 is 2.62 bits per heavy atom. The van der Waals surface area contributed by atoms with Gasteiger partial charge in [-0.15, -0.1) is 0 Å². The molecule has 0 spiro atoms. The molecule has 12 nitrogen and oxygen atoms in total. The van der Waals surface area contributed by atoms with Crippen molar-refractivity contribution < 1.29 is 14.7 Å². The number of nitrogens with zero attached hydrogens (tertiary/aromatic N) is 7. The smallest absolute Gasteiger partial charge is 0.291 e. The number of fused-ring (bicyclic) bond motifs is 4. The summed E-state index contributed by atoms with van der Waals surface area (Å²) in [6, 6.07) is 2.09. The molecule has 2 aliphatic heterocycles.